The fraction of sp³-hybridized carbons (Fsp3) is 0.308. The highest BCUT2D eigenvalue weighted by Gasteiger charge is 2.42. The molecule has 0 fully saturated rings. The van der Waals surface area contributed by atoms with Gasteiger partial charge >= 0.3 is 0 Å². The SMILES string of the molecule is C=C/C=C1\C(=C)C(C)(C)c2cc3c(cc21)C(C)(C)C1=C3C/C=C\C([N+](=O)[O-])C=C1. The number of hydrogen-bond donors (Lipinski definition) is 0. The molecule has 1 aromatic carbocycles. The maximum absolute atomic E-state index is 11.3. The lowest BCUT2D eigenvalue weighted by atomic mass is 9.78. The van der Waals surface area contributed by atoms with Crippen molar-refractivity contribution in [2.45, 2.75) is 51.0 Å². The maximum atomic E-state index is 11.3. The molecule has 4 rings (SSSR count). The van der Waals surface area contributed by atoms with Crippen LogP contribution in [0.15, 0.2) is 72.9 Å². The number of hydrogen-bond acceptors (Lipinski definition) is 2. The summed E-state index contributed by atoms with van der Waals surface area (Å²) in [6.07, 6.45) is 11.9. The summed E-state index contributed by atoms with van der Waals surface area (Å²) in [7, 11) is 0. The van der Waals surface area contributed by atoms with E-state index in [1.807, 2.05) is 18.2 Å². The molecule has 1 aromatic rings. The van der Waals surface area contributed by atoms with Crippen LogP contribution in [0, 0.1) is 10.1 Å². The normalized spacial score (nSPS) is 25.9. The smallest absolute Gasteiger partial charge is 0.249 e. The van der Waals surface area contributed by atoms with Gasteiger partial charge in [-0.05, 0) is 75.3 Å². The standard InChI is InChI=1S/C26H27NO2/c1-7-9-18-16(2)25(3,4)23-15-21-19-11-8-10-17(27(28)29)12-13-22(19)26(5,6)24(21)14-20(18)23/h7-10,12-15,17H,1-2,11H2,3-6H3/b10-8-,13-12?,18-9+. The highest BCUT2D eigenvalue weighted by atomic mass is 16.6. The molecule has 0 aliphatic heterocycles. The summed E-state index contributed by atoms with van der Waals surface area (Å²) in [6, 6.07) is 3.88. The van der Waals surface area contributed by atoms with Crippen molar-refractivity contribution in [3.8, 4) is 0 Å². The molecule has 148 valence electrons. The van der Waals surface area contributed by atoms with E-state index in [0.717, 1.165) is 11.1 Å². The zero-order valence-corrected chi connectivity index (χ0v) is 17.6. The molecule has 1 atom stereocenters. The number of nitrogens with zero attached hydrogens (tertiary/aromatic N) is 1. The highest BCUT2D eigenvalue weighted by molar-refractivity contribution is 5.93. The van der Waals surface area contributed by atoms with E-state index in [0.29, 0.717) is 6.42 Å². The molecule has 0 heterocycles. The Bertz CT molecular complexity index is 1090. The molecule has 0 saturated carbocycles. The van der Waals surface area contributed by atoms with Crippen LogP contribution in [0.5, 0.6) is 0 Å². The number of allylic oxidation sites excluding steroid dienone is 8. The summed E-state index contributed by atoms with van der Waals surface area (Å²) in [5.74, 6) is 0. The minimum atomic E-state index is -0.766. The van der Waals surface area contributed by atoms with Crippen molar-refractivity contribution < 1.29 is 4.92 Å². The Morgan fingerprint density at radius 1 is 1.10 bits per heavy atom. The van der Waals surface area contributed by atoms with Crippen LogP contribution < -0.4 is 0 Å². The molecular weight excluding hydrogens is 358 g/mol. The first kappa shape index (κ1) is 19.4. The number of fused-ring (bicyclic) bond motifs is 3. The lowest BCUT2D eigenvalue weighted by molar-refractivity contribution is -0.496. The van der Waals surface area contributed by atoms with Gasteiger partial charge in [-0.15, -0.1) is 0 Å². The second-order valence-corrected chi connectivity index (χ2v) is 9.15. The monoisotopic (exact) mass is 385 g/mol. The zero-order valence-electron chi connectivity index (χ0n) is 17.6. The molecule has 3 aliphatic carbocycles. The summed E-state index contributed by atoms with van der Waals surface area (Å²) in [5, 5.41) is 11.3. The lowest BCUT2D eigenvalue weighted by Gasteiger charge is -2.25. The molecule has 0 aromatic heterocycles. The maximum Gasteiger partial charge on any atom is 0.249 e. The molecule has 3 nitrogen and oxygen atoms in total. The molecule has 3 heteroatoms. The third kappa shape index (κ3) is 2.64. The van der Waals surface area contributed by atoms with Crippen molar-refractivity contribution in [1.29, 1.82) is 0 Å². The fourth-order valence-corrected chi connectivity index (χ4v) is 5.00. The van der Waals surface area contributed by atoms with Gasteiger partial charge in [-0.3, -0.25) is 10.1 Å². The van der Waals surface area contributed by atoms with Crippen molar-refractivity contribution in [3.05, 3.63) is 105 Å². The van der Waals surface area contributed by atoms with Crippen molar-refractivity contribution >= 4 is 11.1 Å². The van der Waals surface area contributed by atoms with Gasteiger partial charge in [-0.2, -0.15) is 0 Å². The van der Waals surface area contributed by atoms with E-state index in [-0.39, 0.29) is 15.8 Å². The number of nitro groups is 1. The van der Waals surface area contributed by atoms with E-state index < -0.39 is 6.04 Å². The predicted octanol–water partition coefficient (Wildman–Crippen LogP) is 6.31. The molecule has 29 heavy (non-hydrogen) atoms. The van der Waals surface area contributed by atoms with Crippen molar-refractivity contribution in [2.75, 3.05) is 0 Å². The second-order valence-electron chi connectivity index (χ2n) is 9.15. The summed E-state index contributed by atoms with van der Waals surface area (Å²) >= 11 is 0. The molecular formula is C26H27NO2. The lowest BCUT2D eigenvalue weighted by Crippen LogP contribution is -2.19. The Morgan fingerprint density at radius 3 is 2.41 bits per heavy atom. The predicted molar refractivity (Wildman–Crippen MR) is 120 cm³/mol. The van der Waals surface area contributed by atoms with Gasteiger partial charge in [0.2, 0.25) is 6.04 Å². The Morgan fingerprint density at radius 2 is 1.76 bits per heavy atom. The van der Waals surface area contributed by atoms with E-state index in [4.69, 9.17) is 0 Å². The van der Waals surface area contributed by atoms with Crippen molar-refractivity contribution in [2.24, 2.45) is 0 Å². The van der Waals surface area contributed by atoms with Crippen molar-refractivity contribution in [1.82, 2.24) is 0 Å². The molecule has 0 spiro atoms. The van der Waals surface area contributed by atoms with Gasteiger partial charge in [0.1, 0.15) is 0 Å². The average Bonchev–Trinajstić information content (AvgIpc) is 2.94. The molecule has 3 aliphatic rings. The average molecular weight is 386 g/mol. The molecule has 0 radical (unpaired) electrons. The number of benzene rings is 1. The van der Waals surface area contributed by atoms with E-state index in [2.05, 4.69) is 59.1 Å². The first-order valence-corrected chi connectivity index (χ1v) is 10.0. The summed E-state index contributed by atoms with van der Waals surface area (Å²) < 4.78 is 0. The highest BCUT2D eigenvalue weighted by Crippen LogP contribution is 2.55. The topological polar surface area (TPSA) is 43.1 Å². The van der Waals surface area contributed by atoms with Crippen molar-refractivity contribution in [3.63, 3.8) is 0 Å². The van der Waals surface area contributed by atoms with E-state index >= 15 is 0 Å². The molecule has 0 amide bonds. The summed E-state index contributed by atoms with van der Waals surface area (Å²) in [4.78, 5) is 11.0. The van der Waals surface area contributed by atoms with Gasteiger partial charge in [0.15, 0.2) is 0 Å². The van der Waals surface area contributed by atoms with Crippen LogP contribution in [-0.4, -0.2) is 11.0 Å². The van der Waals surface area contributed by atoms with Gasteiger partial charge in [-0.25, -0.2) is 0 Å². The van der Waals surface area contributed by atoms with E-state index in [1.54, 1.807) is 12.2 Å². The first-order chi connectivity index (χ1) is 13.6. The molecule has 0 bridgehead atoms. The zero-order chi connectivity index (χ0) is 21.1. The van der Waals surface area contributed by atoms with E-state index in [1.165, 1.54) is 33.4 Å². The van der Waals surface area contributed by atoms with Gasteiger partial charge in [0.05, 0.1) is 0 Å². The van der Waals surface area contributed by atoms with Gasteiger partial charge in [-0.1, -0.05) is 65.2 Å². The summed E-state index contributed by atoms with van der Waals surface area (Å²) in [5.41, 5.74) is 9.42. The molecule has 1 unspecified atom stereocenters. The van der Waals surface area contributed by atoms with Crippen LogP contribution >= 0.6 is 0 Å². The van der Waals surface area contributed by atoms with Crippen LogP contribution in [0.4, 0.5) is 0 Å². The summed E-state index contributed by atoms with van der Waals surface area (Å²) in [6.45, 7) is 17.1. The van der Waals surface area contributed by atoms with Gasteiger partial charge in [0.25, 0.3) is 0 Å². The van der Waals surface area contributed by atoms with Crippen LogP contribution in [-0.2, 0) is 10.8 Å². The van der Waals surface area contributed by atoms with Gasteiger partial charge in [0, 0.05) is 15.8 Å². The number of rotatable bonds is 2. The third-order valence-electron chi connectivity index (χ3n) is 6.84. The van der Waals surface area contributed by atoms with Crippen LogP contribution in [0.3, 0.4) is 0 Å². The Balaban J connectivity index is 1.95. The Kier molecular flexibility index (Phi) is 4.20. The quantitative estimate of drug-likeness (QED) is 0.340. The minimum Gasteiger partial charge on any atom is -0.264 e. The van der Waals surface area contributed by atoms with Crippen LogP contribution in [0.25, 0.3) is 11.1 Å². The first-order valence-electron chi connectivity index (χ1n) is 10.0. The third-order valence-corrected chi connectivity index (χ3v) is 6.84. The van der Waals surface area contributed by atoms with Crippen LogP contribution in [0.2, 0.25) is 0 Å². The van der Waals surface area contributed by atoms with Crippen LogP contribution in [0.1, 0.15) is 56.4 Å². The largest absolute Gasteiger partial charge is 0.264 e. The van der Waals surface area contributed by atoms with E-state index in [9.17, 15) is 10.1 Å². The van der Waals surface area contributed by atoms with Gasteiger partial charge < -0.3 is 0 Å². The second kappa shape index (κ2) is 6.28. The fourth-order valence-electron chi connectivity index (χ4n) is 5.00. The molecule has 0 saturated heterocycles. The Labute approximate surface area is 172 Å². The minimum absolute atomic E-state index is 0.142. The molecule has 0 N–H and O–H groups in total. The Hall–Kier alpha value is -2.94.